The maximum atomic E-state index is 9.22. The highest BCUT2D eigenvalue weighted by molar-refractivity contribution is 8.82. The summed E-state index contributed by atoms with van der Waals surface area (Å²) < 4.78 is 0.0109. The molecule has 0 aliphatic heterocycles. The number of rotatable bonds is 2. The van der Waals surface area contributed by atoms with Crippen molar-refractivity contribution in [3.8, 4) is 0 Å². The molecule has 4 heteroatoms. The molecule has 0 saturated heterocycles. The maximum Gasteiger partial charge on any atom is 0.146 e. The Bertz CT molecular complexity index is 215. The number of allylic oxidation sites excluding steroid dienone is 3. The smallest absolute Gasteiger partial charge is 0.146 e. The normalized spacial score (nSPS) is 36.8. The van der Waals surface area contributed by atoms with Gasteiger partial charge in [-0.05, 0) is 12.8 Å². The molecule has 1 N–H and O–H groups in total. The van der Waals surface area contributed by atoms with Gasteiger partial charge < -0.3 is 4.89 Å². The van der Waals surface area contributed by atoms with E-state index in [1.54, 1.807) is 0 Å². The molecule has 0 radical (unpaired) electrons. The Morgan fingerprint density at radius 3 is 2.75 bits per heavy atom. The summed E-state index contributed by atoms with van der Waals surface area (Å²) in [6.07, 6.45) is 8.36. The van der Waals surface area contributed by atoms with Crippen molar-refractivity contribution in [3.63, 3.8) is 0 Å². The lowest BCUT2D eigenvalue weighted by molar-refractivity contribution is 0.600. The summed E-state index contributed by atoms with van der Waals surface area (Å²) in [5, 5.41) is 0. The molecule has 3 unspecified atom stereocenters. The number of hydrogen-bond donors (Lipinski definition) is 2. The molecular formula is C8H13OPS2. The van der Waals surface area contributed by atoms with E-state index in [-0.39, 0.29) is 4.75 Å². The molecule has 0 bridgehead atoms. The average molecular weight is 220 g/mol. The Labute approximate surface area is 84.1 Å². The minimum Gasteiger partial charge on any atom is -0.355 e. The van der Waals surface area contributed by atoms with Crippen LogP contribution in [0.5, 0.6) is 0 Å². The van der Waals surface area contributed by atoms with E-state index in [4.69, 9.17) is 0 Å². The highest BCUT2D eigenvalue weighted by Crippen LogP contribution is 2.59. The van der Waals surface area contributed by atoms with Gasteiger partial charge in [-0.15, -0.1) is 12.2 Å². The van der Waals surface area contributed by atoms with E-state index in [0.717, 1.165) is 0 Å². The molecule has 0 amide bonds. The van der Waals surface area contributed by atoms with Gasteiger partial charge in [-0.3, -0.25) is 0 Å². The molecule has 3 atom stereocenters. The maximum absolute atomic E-state index is 9.22. The van der Waals surface area contributed by atoms with E-state index >= 15 is 0 Å². The molecule has 12 heavy (non-hydrogen) atoms. The highest BCUT2D eigenvalue weighted by atomic mass is 33.1. The quantitative estimate of drug-likeness (QED) is 0.549. The molecular weight excluding hydrogens is 207 g/mol. The topological polar surface area (TPSA) is 20.2 Å². The molecule has 0 aromatic heterocycles. The fraction of sp³-hybridized carbons (Fsp3) is 0.500. The van der Waals surface area contributed by atoms with E-state index < -0.39 is 6.55 Å². The van der Waals surface area contributed by atoms with Gasteiger partial charge in [0.05, 0.1) is 0 Å². The third-order valence-corrected chi connectivity index (χ3v) is 5.59. The van der Waals surface area contributed by atoms with E-state index in [0.29, 0.717) is 5.92 Å². The predicted octanol–water partition coefficient (Wildman–Crippen LogP) is 3.39. The lowest BCUT2D eigenvalue weighted by atomic mass is 9.91. The summed E-state index contributed by atoms with van der Waals surface area (Å²) >= 11 is 5.56. The molecule has 0 aromatic carbocycles. The van der Waals surface area contributed by atoms with Crippen LogP contribution >= 0.6 is 30.2 Å². The first-order chi connectivity index (χ1) is 5.54. The van der Waals surface area contributed by atoms with Gasteiger partial charge in [0.15, 0.2) is 0 Å². The van der Waals surface area contributed by atoms with Gasteiger partial charge in [0.1, 0.15) is 6.55 Å². The van der Waals surface area contributed by atoms with Crippen molar-refractivity contribution in [2.75, 3.05) is 0 Å². The van der Waals surface area contributed by atoms with E-state index in [1.807, 2.05) is 12.2 Å². The predicted molar refractivity (Wildman–Crippen MR) is 61.6 cm³/mol. The van der Waals surface area contributed by atoms with Crippen molar-refractivity contribution in [3.05, 3.63) is 24.3 Å². The molecule has 1 aliphatic carbocycles. The lowest BCUT2D eigenvalue weighted by Gasteiger charge is -2.32. The van der Waals surface area contributed by atoms with Crippen LogP contribution in [-0.4, -0.2) is 9.64 Å². The summed E-state index contributed by atoms with van der Waals surface area (Å²) in [6.45, 7) is 3.11. The van der Waals surface area contributed by atoms with Gasteiger partial charge >= 0.3 is 0 Å². The van der Waals surface area contributed by atoms with Gasteiger partial charge in [-0.1, -0.05) is 42.6 Å². The van der Waals surface area contributed by atoms with Crippen molar-refractivity contribution < 1.29 is 4.89 Å². The molecule has 0 saturated carbocycles. The lowest BCUT2D eigenvalue weighted by Crippen LogP contribution is -2.25. The van der Waals surface area contributed by atoms with Crippen LogP contribution in [-0.2, 0) is 0 Å². The van der Waals surface area contributed by atoms with Gasteiger partial charge in [-0.2, -0.15) is 0 Å². The van der Waals surface area contributed by atoms with Crippen LogP contribution in [0, 0.1) is 5.92 Å². The van der Waals surface area contributed by atoms with Crippen molar-refractivity contribution in [1.82, 2.24) is 0 Å². The van der Waals surface area contributed by atoms with Crippen molar-refractivity contribution in [1.29, 1.82) is 0 Å². The second-order valence-electron chi connectivity index (χ2n) is 3.06. The summed E-state index contributed by atoms with van der Waals surface area (Å²) in [6, 6.07) is 0. The summed E-state index contributed by atoms with van der Waals surface area (Å²) in [7, 11) is 0. The zero-order chi connectivity index (χ0) is 9.19. The zero-order valence-electron chi connectivity index (χ0n) is 7.14. The van der Waals surface area contributed by atoms with Crippen LogP contribution in [0.2, 0.25) is 0 Å². The van der Waals surface area contributed by atoms with Gasteiger partial charge in [-0.25, -0.2) is 0 Å². The molecule has 1 nitrogen and oxygen atoms in total. The van der Waals surface area contributed by atoms with E-state index in [2.05, 4.69) is 38.2 Å². The number of hydrogen-bond acceptors (Lipinski definition) is 3. The van der Waals surface area contributed by atoms with Crippen molar-refractivity contribution in [2.24, 2.45) is 5.92 Å². The van der Waals surface area contributed by atoms with Crippen LogP contribution in [0.1, 0.15) is 13.8 Å². The molecule has 0 fully saturated rings. The first kappa shape index (κ1) is 10.6. The molecule has 0 spiro atoms. The fourth-order valence-electron chi connectivity index (χ4n) is 1.11. The Morgan fingerprint density at radius 2 is 2.25 bits per heavy atom. The second-order valence-corrected chi connectivity index (χ2v) is 8.16. The third kappa shape index (κ3) is 2.53. The average Bonchev–Trinajstić information content (AvgIpc) is 1.94. The van der Waals surface area contributed by atoms with E-state index in [9.17, 15) is 4.89 Å². The third-order valence-electron chi connectivity index (χ3n) is 2.12. The standard InChI is InChI=1S/C8H13OPS2/c1-7-5-3-4-6-8(7,2)12-10(9)11/h3-7,9,11H,1-2H3. The minimum atomic E-state index is -1.17. The zero-order valence-corrected chi connectivity index (χ0v) is 9.74. The largest absolute Gasteiger partial charge is 0.355 e. The van der Waals surface area contributed by atoms with Crippen LogP contribution in [0.4, 0.5) is 0 Å². The Kier molecular flexibility index (Phi) is 3.72. The van der Waals surface area contributed by atoms with Crippen LogP contribution in [0.15, 0.2) is 24.3 Å². The second kappa shape index (κ2) is 4.19. The highest BCUT2D eigenvalue weighted by Gasteiger charge is 2.30. The number of thiol groups is 1. The first-order valence-corrected chi connectivity index (χ1v) is 7.64. The van der Waals surface area contributed by atoms with Gasteiger partial charge in [0.2, 0.25) is 0 Å². The SMILES string of the molecule is CC1C=CC=CC1(C)SP(O)S. The summed E-state index contributed by atoms with van der Waals surface area (Å²) in [5.41, 5.74) is 0. The van der Waals surface area contributed by atoms with Gasteiger partial charge in [0, 0.05) is 4.75 Å². The Balaban J connectivity index is 2.69. The molecule has 0 aromatic rings. The van der Waals surface area contributed by atoms with E-state index in [1.165, 1.54) is 11.4 Å². The van der Waals surface area contributed by atoms with Crippen molar-refractivity contribution in [2.45, 2.75) is 18.6 Å². The van der Waals surface area contributed by atoms with Gasteiger partial charge in [0.25, 0.3) is 0 Å². The van der Waals surface area contributed by atoms with Crippen LogP contribution in [0.3, 0.4) is 0 Å². The monoisotopic (exact) mass is 220 g/mol. The minimum absolute atomic E-state index is 0.0109. The molecule has 1 aliphatic rings. The molecule has 68 valence electrons. The van der Waals surface area contributed by atoms with Crippen LogP contribution < -0.4 is 0 Å². The molecule has 1 rings (SSSR count). The summed E-state index contributed by atoms with van der Waals surface area (Å²) in [4.78, 5) is 9.22. The van der Waals surface area contributed by atoms with Crippen LogP contribution in [0.25, 0.3) is 0 Å². The van der Waals surface area contributed by atoms with Crippen molar-refractivity contribution >= 4 is 30.2 Å². The Morgan fingerprint density at radius 1 is 1.58 bits per heavy atom. The summed E-state index contributed by atoms with van der Waals surface area (Å²) in [5.74, 6) is 0.455. The first-order valence-electron chi connectivity index (χ1n) is 3.77. The Hall–Kier alpha value is 0.570. The molecule has 0 heterocycles. The fourth-order valence-corrected chi connectivity index (χ4v) is 5.17.